The normalized spacial score (nSPS) is 12.1. The van der Waals surface area contributed by atoms with E-state index in [-0.39, 0.29) is 22.7 Å². The first-order valence-corrected chi connectivity index (χ1v) is 4.71. The second kappa shape index (κ2) is 4.91. The molecule has 0 bridgehead atoms. The summed E-state index contributed by atoms with van der Waals surface area (Å²) in [6, 6.07) is 2.87. The van der Waals surface area contributed by atoms with Gasteiger partial charge >= 0.3 is 5.97 Å². The van der Waals surface area contributed by atoms with Gasteiger partial charge in [0.1, 0.15) is 6.04 Å². The van der Waals surface area contributed by atoms with Crippen molar-refractivity contribution in [3.63, 3.8) is 0 Å². The van der Waals surface area contributed by atoms with Crippen molar-refractivity contribution in [2.45, 2.75) is 12.5 Å². The maximum atomic E-state index is 10.7. The molecule has 0 aliphatic rings. The van der Waals surface area contributed by atoms with Crippen LogP contribution in [0.2, 0.25) is 5.02 Å². The van der Waals surface area contributed by atoms with Crippen LogP contribution in [0.25, 0.3) is 0 Å². The van der Waals surface area contributed by atoms with Crippen LogP contribution >= 0.6 is 11.6 Å². The molecule has 0 spiro atoms. The summed E-state index contributed by atoms with van der Waals surface area (Å²) in [5.41, 5.74) is 5.34. The van der Waals surface area contributed by atoms with Crippen LogP contribution < -0.4 is 5.73 Å². The van der Waals surface area contributed by atoms with Crippen LogP contribution in [0.4, 0.5) is 5.69 Å². The van der Waals surface area contributed by atoms with Crippen LogP contribution in [0.5, 0.6) is 0 Å². The molecule has 6 nitrogen and oxygen atoms in total. The van der Waals surface area contributed by atoms with Crippen LogP contribution in [0, 0.1) is 10.1 Å². The summed E-state index contributed by atoms with van der Waals surface area (Å²) in [4.78, 5) is 20.6. The number of hydrogen-bond acceptors (Lipinski definition) is 4. The van der Waals surface area contributed by atoms with E-state index < -0.39 is 16.9 Å². The molecule has 0 saturated carbocycles. The van der Waals surface area contributed by atoms with Crippen LogP contribution in [0.3, 0.4) is 0 Å². The van der Waals surface area contributed by atoms with E-state index in [9.17, 15) is 14.9 Å². The average Bonchev–Trinajstić information content (AvgIpc) is 2.20. The van der Waals surface area contributed by atoms with E-state index in [4.69, 9.17) is 22.4 Å². The van der Waals surface area contributed by atoms with Gasteiger partial charge in [-0.15, -0.1) is 0 Å². The van der Waals surface area contributed by atoms with Crippen LogP contribution in [-0.4, -0.2) is 22.0 Å². The van der Waals surface area contributed by atoms with E-state index >= 15 is 0 Å². The standard InChI is InChI=1S/C9H9ClN2O4/c10-6-2-1-5(3-7(11)9(13)14)8(4-6)12(15)16/h1-2,4,7H,3,11H2,(H,13,14)/t7-/m1/s1. The Labute approximate surface area is 95.8 Å². The second-order valence-electron chi connectivity index (χ2n) is 3.18. The summed E-state index contributed by atoms with van der Waals surface area (Å²) in [7, 11) is 0. The number of rotatable bonds is 4. The minimum atomic E-state index is -1.20. The molecular formula is C9H9ClN2O4. The summed E-state index contributed by atoms with van der Waals surface area (Å²) in [6.45, 7) is 0. The number of benzene rings is 1. The summed E-state index contributed by atoms with van der Waals surface area (Å²) >= 11 is 5.61. The highest BCUT2D eigenvalue weighted by atomic mass is 35.5. The van der Waals surface area contributed by atoms with Crippen molar-refractivity contribution in [2.24, 2.45) is 5.73 Å². The van der Waals surface area contributed by atoms with Crippen molar-refractivity contribution in [3.05, 3.63) is 38.9 Å². The van der Waals surface area contributed by atoms with Gasteiger partial charge in [-0.05, 0) is 6.07 Å². The number of nitrogens with zero attached hydrogens (tertiary/aromatic N) is 1. The Bertz CT molecular complexity index is 436. The van der Waals surface area contributed by atoms with Crippen LogP contribution in [0.15, 0.2) is 18.2 Å². The molecule has 0 radical (unpaired) electrons. The lowest BCUT2D eigenvalue weighted by Gasteiger charge is -2.07. The number of carboxylic acids is 1. The molecule has 1 aromatic rings. The molecule has 0 fully saturated rings. The lowest BCUT2D eigenvalue weighted by molar-refractivity contribution is -0.385. The third kappa shape index (κ3) is 2.91. The zero-order valence-electron chi connectivity index (χ0n) is 8.09. The largest absolute Gasteiger partial charge is 0.480 e. The number of nitrogens with two attached hydrogens (primary N) is 1. The number of nitro groups is 1. The van der Waals surface area contributed by atoms with Gasteiger partial charge in [0, 0.05) is 23.1 Å². The number of aliphatic carboxylic acids is 1. The third-order valence-corrected chi connectivity index (χ3v) is 2.24. The molecule has 0 unspecified atom stereocenters. The van der Waals surface area contributed by atoms with Gasteiger partial charge < -0.3 is 10.8 Å². The molecule has 0 aliphatic carbocycles. The lowest BCUT2D eigenvalue weighted by atomic mass is 10.0. The molecule has 0 amide bonds. The van der Waals surface area contributed by atoms with Crippen molar-refractivity contribution >= 4 is 23.3 Å². The summed E-state index contributed by atoms with van der Waals surface area (Å²) in [5.74, 6) is -1.20. The molecule has 1 aromatic carbocycles. The van der Waals surface area contributed by atoms with E-state index in [1.54, 1.807) is 0 Å². The smallest absolute Gasteiger partial charge is 0.320 e. The summed E-state index contributed by atoms with van der Waals surface area (Å²) < 4.78 is 0. The molecule has 3 N–H and O–H groups in total. The Morgan fingerprint density at radius 3 is 2.75 bits per heavy atom. The van der Waals surface area contributed by atoms with Gasteiger partial charge in [0.05, 0.1) is 4.92 Å². The Morgan fingerprint density at radius 2 is 2.25 bits per heavy atom. The number of halogens is 1. The van der Waals surface area contributed by atoms with Gasteiger partial charge in [0.2, 0.25) is 0 Å². The summed E-state index contributed by atoms with van der Waals surface area (Å²) in [5, 5.41) is 19.5. The highest BCUT2D eigenvalue weighted by molar-refractivity contribution is 6.30. The molecule has 16 heavy (non-hydrogen) atoms. The maximum absolute atomic E-state index is 10.7. The van der Waals surface area contributed by atoms with E-state index in [2.05, 4.69) is 0 Å². The molecule has 7 heteroatoms. The van der Waals surface area contributed by atoms with Crippen molar-refractivity contribution in [1.29, 1.82) is 0 Å². The van der Waals surface area contributed by atoms with Gasteiger partial charge in [-0.1, -0.05) is 17.7 Å². The van der Waals surface area contributed by atoms with E-state index in [0.717, 1.165) is 0 Å². The second-order valence-corrected chi connectivity index (χ2v) is 3.62. The number of carboxylic acid groups (broad SMARTS) is 1. The average molecular weight is 245 g/mol. The maximum Gasteiger partial charge on any atom is 0.320 e. The monoisotopic (exact) mass is 244 g/mol. The minimum absolute atomic E-state index is 0.108. The minimum Gasteiger partial charge on any atom is -0.480 e. The lowest BCUT2D eigenvalue weighted by Crippen LogP contribution is -2.32. The fourth-order valence-corrected chi connectivity index (χ4v) is 1.37. The first-order chi connectivity index (χ1) is 7.41. The molecule has 0 saturated heterocycles. The highest BCUT2D eigenvalue weighted by Gasteiger charge is 2.19. The topological polar surface area (TPSA) is 106 Å². The predicted molar refractivity (Wildman–Crippen MR) is 57.4 cm³/mol. The molecule has 0 heterocycles. The third-order valence-electron chi connectivity index (χ3n) is 2.00. The molecule has 0 aliphatic heterocycles. The number of carbonyl (C=O) groups is 1. The van der Waals surface area contributed by atoms with Gasteiger partial charge in [0.25, 0.3) is 5.69 Å². The fourth-order valence-electron chi connectivity index (χ4n) is 1.20. The molecule has 86 valence electrons. The Morgan fingerprint density at radius 1 is 1.62 bits per heavy atom. The van der Waals surface area contributed by atoms with E-state index in [1.165, 1.54) is 18.2 Å². The fraction of sp³-hybridized carbons (Fsp3) is 0.222. The Hall–Kier alpha value is -1.66. The molecule has 1 atom stereocenters. The first-order valence-electron chi connectivity index (χ1n) is 4.33. The van der Waals surface area contributed by atoms with Gasteiger partial charge in [0.15, 0.2) is 0 Å². The molecular weight excluding hydrogens is 236 g/mol. The number of nitro benzene ring substituents is 1. The van der Waals surface area contributed by atoms with Crippen LogP contribution in [0.1, 0.15) is 5.56 Å². The van der Waals surface area contributed by atoms with Crippen molar-refractivity contribution in [1.82, 2.24) is 0 Å². The van der Waals surface area contributed by atoms with Gasteiger partial charge in [-0.3, -0.25) is 14.9 Å². The Kier molecular flexibility index (Phi) is 3.81. The van der Waals surface area contributed by atoms with E-state index in [1.807, 2.05) is 0 Å². The van der Waals surface area contributed by atoms with Gasteiger partial charge in [-0.25, -0.2) is 0 Å². The number of hydrogen-bond donors (Lipinski definition) is 2. The van der Waals surface area contributed by atoms with Crippen molar-refractivity contribution < 1.29 is 14.8 Å². The SMILES string of the molecule is N[C@H](Cc1ccc(Cl)cc1[N+](=O)[O-])C(=O)O. The highest BCUT2D eigenvalue weighted by Crippen LogP contribution is 2.24. The summed E-state index contributed by atoms with van der Waals surface area (Å²) in [6.07, 6.45) is -0.108. The predicted octanol–water partition coefficient (Wildman–Crippen LogP) is 1.20. The zero-order valence-corrected chi connectivity index (χ0v) is 8.85. The van der Waals surface area contributed by atoms with Crippen molar-refractivity contribution in [3.8, 4) is 0 Å². The molecule has 0 aromatic heterocycles. The molecule has 1 rings (SSSR count). The Balaban J connectivity index is 3.04. The van der Waals surface area contributed by atoms with Crippen molar-refractivity contribution in [2.75, 3.05) is 0 Å². The van der Waals surface area contributed by atoms with Crippen LogP contribution in [-0.2, 0) is 11.2 Å². The van der Waals surface area contributed by atoms with E-state index in [0.29, 0.717) is 0 Å². The zero-order chi connectivity index (χ0) is 12.3. The first kappa shape index (κ1) is 12.4. The van der Waals surface area contributed by atoms with Gasteiger partial charge in [-0.2, -0.15) is 0 Å². The quantitative estimate of drug-likeness (QED) is 0.611.